The maximum absolute atomic E-state index is 11.9. The molecule has 0 fully saturated rings. The summed E-state index contributed by atoms with van der Waals surface area (Å²) in [7, 11) is 2.59. The number of methoxy groups -OCH3 is 2. The maximum Gasteiger partial charge on any atom is 0.309 e. The average Bonchev–Trinajstić information content (AvgIpc) is 3.01. The SMILES string of the molecule is COC(=O)CC(Cc1ccc2[nH]ncc2c1CCl)C(=O)OC.Cl. The molecule has 1 aromatic carbocycles. The number of carbonyl (C=O) groups excluding carboxylic acids is 2. The Balaban J connectivity index is 0.00000264. The van der Waals surface area contributed by atoms with Crippen LogP contribution >= 0.6 is 24.0 Å². The number of alkyl halides is 1. The van der Waals surface area contributed by atoms with Crippen molar-refractivity contribution in [1.29, 1.82) is 0 Å². The Kier molecular flexibility index (Phi) is 7.32. The molecular formula is C15H18Cl2N2O4. The van der Waals surface area contributed by atoms with Crippen LogP contribution in [0.5, 0.6) is 0 Å². The van der Waals surface area contributed by atoms with Gasteiger partial charge in [-0.05, 0) is 23.6 Å². The van der Waals surface area contributed by atoms with Gasteiger partial charge in [0.1, 0.15) is 0 Å². The van der Waals surface area contributed by atoms with Crippen molar-refractivity contribution in [1.82, 2.24) is 10.2 Å². The molecule has 2 aromatic rings. The number of nitrogens with zero attached hydrogens (tertiary/aromatic N) is 1. The van der Waals surface area contributed by atoms with E-state index in [9.17, 15) is 9.59 Å². The largest absolute Gasteiger partial charge is 0.469 e. The second kappa shape index (κ2) is 8.74. The fourth-order valence-corrected chi connectivity index (χ4v) is 2.74. The number of ether oxygens (including phenoxy) is 2. The lowest BCUT2D eigenvalue weighted by molar-refractivity contribution is -0.151. The Morgan fingerprint density at radius 1 is 1.30 bits per heavy atom. The van der Waals surface area contributed by atoms with Crippen LogP contribution in [0.15, 0.2) is 18.3 Å². The molecule has 6 nitrogen and oxygen atoms in total. The molecule has 0 aliphatic rings. The van der Waals surface area contributed by atoms with Gasteiger partial charge in [0, 0.05) is 11.3 Å². The molecule has 0 aliphatic heterocycles. The summed E-state index contributed by atoms with van der Waals surface area (Å²) in [4.78, 5) is 23.4. The van der Waals surface area contributed by atoms with Crippen molar-refractivity contribution in [2.45, 2.75) is 18.7 Å². The summed E-state index contributed by atoms with van der Waals surface area (Å²) in [6.07, 6.45) is 2.02. The number of nitrogens with one attached hydrogen (secondary N) is 1. The van der Waals surface area contributed by atoms with E-state index in [1.165, 1.54) is 14.2 Å². The highest BCUT2D eigenvalue weighted by atomic mass is 35.5. The van der Waals surface area contributed by atoms with Crippen molar-refractivity contribution in [3.05, 3.63) is 29.5 Å². The van der Waals surface area contributed by atoms with Gasteiger partial charge in [-0.15, -0.1) is 24.0 Å². The predicted octanol–water partition coefficient (Wildman–Crippen LogP) is 2.62. The van der Waals surface area contributed by atoms with Crippen LogP contribution in [-0.2, 0) is 31.4 Å². The van der Waals surface area contributed by atoms with E-state index in [2.05, 4.69) is 14.9 Å². The van der Waals surface area contributed by atoms with Gasteiger partial charge in [-0.2, -0.15) is 5.10 Å². The number of halogens is 2. The van der Waals surface area contributed by atoms with Crippen LogP contribution in [0, 0.1) is 5.92 Å². The lowest BCUT2D eigenvalue weighted by Gasteiger charge is -2.16. The monoisotopic (exact) mass is 360 g/mol. The lowest BCUT2D eigenvalue weighted by atomic mass is 9.92. The number of H-pyrrole nitrogens is 1. The normalized spacial score (nSPS) is 11.6. The molecule has 8 heteroatoms. The van der Waals surface area contributed by atoms with Gasteiger partial charge in [-0.25, -0.2) is 0 Å². The molecule has 1 unspecified atom stereocenters. The third kappa shape index (κ3) is 4.36. The zero-order valence-electron chi connectivity index (χ0n) is 12.8. The first kappa shape index (κ1) is 19.3. The van der Waals surface area contributed by atoms with Crippen molar-refractivity contribution < 1.29 is 19.1 Å². The molecule has 0 saturated carbocycles. The number of rotatable bonds is 6. The van der Waals surface area contributed by atoms with E-state index >= 15 is 0 Å². The summed E-state index contributed by atoms with van der Waals surface area (Å²) in [5.41, 5.74) is 2.66. The Labute approximate surface area is 144 Å². The Morgan fingerprint density at radius 3 is 2.65 bits per heavy atom. The summed E-state index contributed by atoms with van der Waals surface area (Å²) in [6.45, 7) is 0. The highest BCUT2D eigenvalue weighted by Gasteiger charge is 2.25. The first-order valence-electron chi connectivity index (χ1n) is 6.75. The molecule has 0 amide bonds. The van der Waals surface area contributed by atoms with Gasteiger partial charge in [-0.3, -0.25) is 14.7 Å². The van der Waals surface area contributed by atoms with Crippen molar-refractivity contribution in [2.24, 2.45) is 5.92 Å². The Hall–Kier alpha value is -1.79. The number of hydrogen-bond donors (Lipinski definition) is 1. The van der Waals surface area contributed by atoms with Crippen LogP contribution in [0.3, 0.4) is 0 Å². The van der Waals surface area contributed by atoms with E-state index < -0.39 is 17.9 Å². The van der Waals surface area contributed by atoms with E-state index in [0.29, 0.717) is 12.3 Å². The molecule has 126 valence electrons. The molecule has 1 aromatic heterocycles. The van der Waals surface area contributed by atoms with Crippen LogP contribution in [0.25, 0.3) is 10.9 Å². The number of benzene rings is 1. The van der Waals surface area contributed by atoms with Crippen molar-refractivity contribution >= 4 is 46.8 Å². The van der Waals surface area contributed by atoms with E-state index in [1.807, 2.05) is 12.1 Å². The van der Waals surface area contributed by atoms with Gasteiger partial charge in [0.05, 0.1) is 38.3 Å². The van der Waals surface area contributed by atoms with Crippen LogP contribution in [0.2, 0.25) is 0 Å². The molecule has 0 radical (unpaired) electrons. The smallest absolute Gasteiger partial charge is 0.309 e. The zero-order chi connectivity index (χ0) is 16.1. The first-order chi connectivity index (χ1) is 10.6. The minimum absolute atomic E-state index is 0. The number of hydrogen-bond acceptors (Lipinski definition) is 5. The predicted molar refractivity (Wildman–Crippen MR) is 88.7 cm³/mol. The van der Waals surface area contributed by atoms with E-state index in [0.717, 1.165) is 22.0 Å². The van der Waals surface area contributed by atoms with Gasteiger partial charge < -0.3 is 9.47 Å². The average molecular weight is 361 g/mol. The third-order valence-electron chi connectivity index (χ3n) is 3.61. The fourth-order valence-electron chi connectivity index (χ4n) is 2.43. The highest BCUT2D eigenvalue weighted by Crippen LogP contribution is 2.26. The van der Waals surface area contributed by atoms with Gasteiger partial charge in [0.25, 0.3) is 0 Å². The van der Waals surface area contributed by atoms with E-state index in [4.69, 9.17) is 16.3 Å². The third-order valence-corrected chi connectivity index (χ3v) is 3.88. The molecule has 0 spiro atoms. The van der Waals surface area contributed by atoms with Gasteiger partial charge >= 0.3 is 11.9 Å². The Bertz CT molecular complexity index is 687. The molecule has 1 atom stereocenters. The van der Waals surface area contributed by atoms with Gasteiger partial charge in [0.15, 0.2) is 0 Å². The first-order valence-corrected chi connectivity index (χ1v) is 7.28. The molecular weight excluding hydrogens is 343 g/mol. The molecule has 1 heterocycles. The topological polar surface area (TPSA) is 81.3 Å². The minimum Gasteiger partial charge on any atom is -0.469 e. The fraction of sp³-hybridized carbons (Fsp3) is 0.400. The van der Waals surface area contributed by atoms with E-state index in [-0.39, 0.29) is 18.8 Å². The zero-order valence-corrected chi connectivity index (χ0v) is 14.4. The molecule has 23 heavy (non-hydrogen) atoms. The number of aromatic amines is 1. The van der Waals surface area contributed by atoms with E-state index in [1.54, 1.807) is 6.20 Å². The lowest BCUT2D eigenvalue weighted by Crippen LogP contribution is -2.23. The molecule has 0 aliphatic carbocycles. The van der Waals surface area contributed by atoms with Crippen LogP contribution in [-0.4, -0.2) is 36.4 Å². The summed E-state index contributed by atoms with van der Waals surface area (Å²) in [5.74, 6) is -1.22. The minimum atomic E-state index is -0.608. The van der Waals surface area contributed by atoms with Crippen LogP contribution < -0.4 is 0 Å². The van der Waals surface area contributed by atoms with Crippen molar-refractivity contribution in [3.63, 3.8) is 0 Å². The standard InChI is InChI=1S/C15H17ClN2O4.ClH/c1-21-14(19)6-10(15(20)22-2)5-9-3-4-13-12(8-17-18-13)11(9)7-16;/h3-4,8,10H,5-7H2,1-2H3,(H,17,18);1H. The van der Waals surface area contributed by atoms with Crippen LogP contribution in [0.1, 0.15) is 17.5 Å². The number of carbonyl (C=O) groups is 2. The number of esters is 2. The van der Waals surface area contributed by atoms with Crippen molar-refractivity contribution in [3.8, 4) is 0 Å². The molecule has 0 saturated heterocycles. The summed E-state index contributed by atoms with van der Waals surface area (Å²) in [5, 5.41) is 7.78. The second-order valence-corrected chi connectivity index (χ2v) is 5.14. The molecule has 2 rings (SSSR count). The van der Waals surface area contributed by atoms with Gasteiger partial charge in [0.2, 0.25) is 0 Å². The van der Waals surface area contributed by atoms with Crippen LogP contribution in [0.4, 0.5) is 0 Å². The molecule has 1 N–H and O–H groups in total. The summed E-state index contributed by atoms with van der Waals surface area (Å²) < 4.78 is 9.42. The highest BCUT2D eigenvalue weighted by molar-refractivity contribution is 6.18. The maximum atomic E-state index is 11.9. The quantitative estimate of drug-likeness (QED) is 0.632. The van der Waals surface area contributed by atoms with Gasteiger partial charge in [-0.1, -0.05) is 6.07 Å². The molecule has 0 bridgehead atoms. The summed E-state index contributed by atoms with van der Waals surface area (Å²) >= 11 is 6.05. The number of fused-ring (bicyclic) bond motifs is 1. The second-order valence-electron chi connectivity index (χ2n) is 4.87. The number of aromatic nitrogens is 2. The Morgan fingerprint density at radius 2 is 2.04 bits per heavy atom. The van der Waals surface area contributed by atoms with Crippen molar-refractivity contribution in [2.75, 3.05) is 14.2 Å². The summed E-state index contributed by atoms with van der Waals surface area (Å²) in [6, 6.07) is 3.76.